The van der Waals surface area contributed by atoms with Gasteiger partial charge in [0.1, 0.15) is 17.4 Å². The molecule has 27 heavy (non-hydrogen) atoms. The molecule has 144 valence electrons. The number of nitrogens with zero attached hydrogens (tertiary/aromatic N) is 1. The number of rotatable bonds is 6. The van der Waals surface area contributed by atoms with Gasteiger partial charge in [0, 0.05) is 18.7 Å². The number of hydrogen-bond donors (Lipinski definition) is 0. The number of benzene rings is 2. The minimum atomic E-state index is -0.251. The second kappa shape index (κ2) is 9.18. The smallest absolute Gasteiger partial charge is 0.161 e. The van der Waals surface area contributed by atoms with Gasteiger partial charge in [-0.25, -0.2) is 4.39 Å². The molecule has 1 aliphatic rings. The molecule has 1 fully saturated rings. The molecule has 1 saturated heterocycles. The minimum absolute atomic E-state index is 0.251. The summed E-state index contributed by atoms with van der Waals surface area (Å²) >= 11 is 5.71. The van der Waals surface area contributed by atoms with Crippen molar-refractivity contribution in [3.8, 4) is 11.5 Å². The Balaban J connectivity index is 1.71. The molecule has 1 aliphatic heterocycles. The molecule has 0 N–H and O–H groups in total. The van der Waals surface area contributed by atoms with Crippen molar-refractivity contribution in [2.45, 2.75) is 33.3 Å². The van der Waals surface area contributed by atoms with Crippen molar-refractivity contribution < 1.29 is 13.9 Å². The summed E-state index contributed by atoms with van der Waals surface area (Å²) in [5.41, 5.74) is 1.89. The number of likely N-dealkylation sites (tertiary alicyclic amines) is 1. The molecule has 0 unspecified atom stereocenters. The lowest BCUT2D eigenvalue weighted by atomic mass is 9.99. The first-order chi connectivity index (χ1) is 13.1. The van der Waals surface area contributed by atoms with E-state index >= 15 is 0 Å². The quantitative estimate of drug-likeness (QED) is 0.634. The number of ether oxygens (including phenoxy) is 2. The Morgan fingerprint density at radius 2 is 1.78 bits per heavy atom. The average molecular weight is 388 g/mol. The molecule has 3 nitrogen and oxygen atoms in total. The molecule has 2 aromatic rings. The van der Waals surface area contributed by atoms with Gasteiger partial charge >= 0.3 is 0 Å². The van der Waals surface area contributed by atoms with Gasteiger partial charge in [-0.2, -0.15) is 0 Å². The van der Waals surface area contributed by atoms with Gasteiger partial charge in [0.15, 0.2) is 11.5 Å². The Labute approximate surface area is 166 Å². The zero-order valence-electron chi connectivity index (χ0n) is 15.9. The van der Waals surface area contributed by atoms with Crippen LogP contribution >= 0.6 is 12.2 Å². The van der Waals surface area contributed by atoms with Crippen molar-refractivity contribution in [1.29, 1.82) is 0 Å². The van der Waals surface area contributed by atoms with E-state index in [1.54, 1.807) is 12.1 Å². The molecular formula is C22H26FNO2S. The Morgan fingerprint density at radius 3 is 2.44 bits per heavy atom. The second-order valence-corrected chi connectivity index (χ2v) is 7.37. The number of thiocarbonyl (C=S) groups is 1. The van der Waals surface area contributed by atoms with Gasteiger partial charge in [-0.15, -0.1) is 0 Å². The van der Waals surface area contributed by atoms with Crippen molar-refractivity contribution in [2.24, 2.45) is 5.92 Å². The molecule has 2 aromatic carbocycles. The molecule has 5 heteroatoms. The molecule has 1 heterocycles. The second-order valence-electron chi connectivity index (χ2n) is 6.98. The lowest BCUT2D eigenvalue weighted by molar-refractivity contribution is 0.269. The third-order valence-electron chi connectivity index (χ3n) is 4.87. The summed E-state index contributed by atoms with van der Waals surface area (Å²) in [7, 11) is 0. The van der Waals surface area contributed by atoms with E-state index in [9.17, 15) is 4.39 Å². The van der Waals surface area contributed by atoms with Gasteiger partial charge in [-0.1, -0.05) is 31.3 Å². The van der Waals surface area contributed by atoms with E-state index in [0.717, 1.165) is 35.1 Å². The molecule has 3 rings (SSSR count). The minimum Gasteiger partial charge on any atom is -0.490 e. The number of piperidine rings is 1. The monoisotopic (exact) mass is 387 g/mol. The van der Waals surface area contributed by atoms with Crippen LogP contribution in [0.3, 0.4) is 0 Å². The van der Waals surface area contributed by atoms with Gasteiger partial charge in [0.25, 0.3) is 0 Å². The van der Waals surface area contributed by atoms with Crippen LogP contribution in [0, 0.1) is 11.7 Å². The lowest BCUT2D eigenvalue weighted by Crippen LogP contribution is -2.37. The number of halogens is 1. The highest BCUT2D eigenvalue weighted by atomic mass is 32.1. The van der Waals surface area contributed by atoms with Crippen LogP contribution in [-0.4, -0.2) is 29.6 Å². The van der Waals surface area contributed by atoms with E-state index in [-0.39, 0.29) is 5.82 Å². The first-order valence-electron chi connectivity index (χ1n) is 9.50. The van der Waals surface area contributed by atoms with Crippen LogP contribution in [0.25, 0.3) is 0 Å². The largest absolute Gasteiger partial charge is 0.490 e. The van der Waals surface area contributed by atoms with Crippen LogP contribution in [0.1, 0.15) is 37.8 Å². The van der Waals surface area contributed by atoms with Gasteiger partial charge in [-0.3, -0.25) is 0 Å². The van der Waals surface area contributed by atoms with Crippen molar-refractivity contribution >= 4 is 17.2 Å². The first kappa shape index (κ1) is 19.6. The maximum Gasteiger partial charge on any atom is 0.161 e. The summed E-state index contributed by atoms with van der Waals surface area (Å²) in [5.74, 6) is 1.87. The molecule has 0 radical (unpaired) electrons. The predicted octanol–water partition coefficient (Wildman–Crippen LogP) is 5.21. The Morgan fingerprint density at radius 1 is 1.07 bits per heavy atom. The third-order valence-corrected chi connectivity index (χ3v) is 5.36. The van der Waals surface area contributed by atoms with Gasteiger partial charge < -0.3 is 14.4 Å². The van der Waals surface area contributed by atoms with E-state index < -0.39 is 0 Å². The Kier molecular flexibility index (Phi) is 6.67. The highest BCUT2D eigenvalue weighted by Gasteiger charge is 2.20. The first-order valence-corrected chi connectivity index (χ1v) is 9.91. The normalized spacial score (nSPS) is 14.9. The summed E-state index contributed by atoms with van der Waals surface area (Å²) < 4.78 is 24.7. The van der Waals surface area contributed by atoms with Crippen molar-refractivity contribution in [2.75, 3.05) is 19.7 Å². The fourth-order valence-electron chi connectivity index (χ4n) is 3.16. The zero-order chi connectivity index (χ0) is 19.2. The van der Waals surface area contributed by atoms with E-state index in [4.69, 9.17) is 21.7 Å². The van der Waals surface area contributed by atoms with Crippen molar-refractivity contribution in [1.82, 2.24) is 4.90 Å². The molecule has 0 atom stereocenters. The molecule has 0 saturated carbocycles. The van der Waals surface area contributed by atoms with Crippen molar-refractivity contribution in [3.63, 3.8) is 0 Å². The predicted molar refractivity (Wildman–Crippen MR) is 110 cm³/mol. The SMILES string of the molecule is CCOc1cc(C(=S)N2CCC(C)CC2)ccc1OCc1ccc(F)cc1. The highest BCUT2D eigenvalue weighted by Crippen LogP contribution is 2.30. The number of hydrogen-bond acceptors (Lipinski definition) is 3. The van der Waals surface area contributed by atoms with E-state index in [1.807, 2.05) is 25.1 Å². The van der Waals surface area contributed by atoms with Gasteiger partial charge in [0.05, 0.1) is 6.61 Å². The summed E-state index contributed by atoms with van der Waals surface area (Å²) in [6.07, 6.45) is 2.36. The maximum absolute atomic E-state index is 13.0. The van der Waals surface area contributed by atoms with E-state index in [0.29, 0.717) is 24.7 Å². The Hall–Kier alpha value is -2.14. The van der Waals surface area contributed by atoms with Crippen LogP contribution in [0.2, 0.25) is 0 Å². The molecule has 0 aliphatic carbocycles. The molecule has 0 spiro atoms. The molecule has 0 bridgehead atoms. The summed E-state index contributed by atoms with van der Waals surface area (Å²) in [5, 5.41) is 0. The van der Waals surface area contributed by atoms with Crippen LogP contribution in [-0.2, 0) is 6.61 Å². The fourth-order valence-corrected chi connectivity index (χ4v) is 3.47. The van der Waals surface area contributed by atoms with Gasteiger partial charge in [-0.05, 0) is 61.6 Å². The van der Waals surface area contributed by atoms with Crippen LogP contribution in [0.4, 0.5) is 4.39 Å². The Bertz CT molecular complexity index is 770. The fraction of sp³-hybridized carbons (Fsp3) is 0.409. The molecule has 0 aromatic heterocycles. The van der Waals surface area contributed by atoms with E-state index in [1.165, 1.54) is 25.0 Å². The molecule has 0 amide bonds. The topological polar surface area (TPSA) is 21.7 Å². The third kappa shape index (κ3) is 5.19. The van der Waals surface area contributed by atoms with Crippen LogP contribution in [0.5, 0.6) is 11.5 Å². The van der Waals surface area contributed by atoms with Crippen LogP contribution in [0.15, 0.2) is 42.5 Å². The van der Waals surface area contributed by atoms with E-state index in [2.05, 4.69) is 11.8 Å². The zero-order valence-corrected chi connectivity index (χ0v) is 16.7. The summed E-state index contributed by atoms with van der Waals surface area (Å²) in [6.45, 7) is 7.15. The maximum atomic E-state index is 13.0. The summed E-state index contributed by atoms with van der Waals surface area (Å²) in [4.78, 5) is 3.15. The van der Waals surface area contributed by atoms with Crippen LogP contribution < -0.4 is 9.47 Å². The summed E-state index contributed by atoms with van der Waals surface area (Å²) in [6, 6.07) is 12.2. The average Bonchev–Trinajstić information content (AvgIpc) is 2.68. The molecular weight excluding hydrogens is 361 g/mol. The lowest BCUT2D eigenvalue weighted by Gasteiger charge is -2.32. The van der Waals surface area contributed by atoms with Crippen molar-refractivity contribution in [3.05, 3.63) is 59.4 Å². The van der Waals surface area contributed by atoms with Gasteiger partial charge in [0.2, 0.25) is 0 Å². The highest BCUT2D eigenvalue weighted by molar-refractivity contribution is 7.80. The standard InChI is InChI=1S/C22H26FNO2S/c1-3-25-21-14-18(22(27)24-12-10-16(2)11-13-24)6-9-20(21)26-15-17-4-7-19(23)8-5-17/h4-9,14,16H,3,10-13,15H2,1-2H3.